The highest BCUT2D eigenvalue weighted by Gasteiger charge is 2.39. The zero-order valence-electron chi connectivity index (χ0n) is 16.7. The van der Waals surface area contributed by atoms with Crippen LogP contribution in [0, 0.1) is 11.3 Å². The van der Waals surface area contributed by atoms with E-state index in [1.54, 1.807) is 6.92 Å². The maximum atomic E-state index is 13.3. The number of nitrogens with one attached hydrogen (secondary N) is 1. The second-order valence-corrected chi connectivity index (χ2v) is 8.20. The summed E-state index contributed by atoms with van der Waals surface area (Å²) in [6.07, 6.45) is 9.37. The number of hydrogen-bond donors (Lipinski definition) is 1. The van der Waals surface area contributed by atoms with Crippen LogP contribution in [0.5, 0.6) is 0 Å². The maximum Gasteiger partial charge on any atom is 0.230 e. The molecule has 0 radical (unpaired) electrons. The van der Waals surface area contributed by atoms with Gasteiger partial charge in [0.15, 0.2) is 5.78 Å². The average Bonchev–Trinajstić information content (AvgIpc) is 2.62. The van der Waals surface area contributed by atoms with E-state index >= 15 is 0 Å². The molecular weight excluding hydrogens is 322 g/mol. The van der Waals surface area contributed by atoms with Crippen molar-refractivity contribution in [3.05, 3.63) is 35.4 Å². The Morgan fingerprint density at radius 1 is 1.12 bits per heavy atom. The smallest absolute Gasteiger partial charge is 0.230 e. The van der Waals surface area contributed by atoms with Crippen molar-refractivity contribution < 1.29 is 9.59 Å². The van der Waals surface area contributed by atoms with E-state index in [0.29, 0.717) is 11.5 Å². The van der Waals surface area contributed by atoms with Gasteiger partial charge in [-0.1, -0.05) is 51.3 Å². The highest BCUT2D eigenvalue weighted by Crippen LogP contribution is 2.42. The van der Waals surface area contributed by atoms with E-state index in [1.807, 2.05) is 37.3 Å². The molecule has 1 amide bonds. The van der Waals surface area contributed by atoms with Crippen molar-refractivity contribution in [1.82, 2.24) is 0 Å². The topological polar surface area (TPSA) is 46.2 Å². The number of Topliss-reactive ketones (excluding diaryl/α,β-unsaturated/α-hetero) is 1. The van der Waals surface area contributed by atoms with Gasteiger partial charge in [-0.15, -0.1) is 0 Å². The molecule has 1 fully saturated rings. The number of amides is 1. The lowest BCUT2D eigenvalue weighted by atomic mass is 9.69. The summed E-state index contributed by atoms with van der Waals surface area (Å²) in [7, 11) is 0. The van der Waals surface area contributed by atoms with Gasteiger partial charge in [-0.3, -0.25) is 9.59 Å². The molecule has 0 bridgehead atoms. The second-order valence-electron chi connectivity index (χ2n) is 8.20. The van der Waals surface area contributed by atoms with Gasteiger partial charge < -0.3 is 5.32 Å². The molecule has 142 valence electrons. The normalized spacial score (nSPS) is 17.2. The Kier molecular flexibility index (Phi) is 7.19. The van der Waals surface area contributed by atoms with E-state index in [1.165, 1.54) is 6.42 Å². The number of anilines is 1. The van der Waals surface area contributed by atoms with E-state index in [4.69, 9.17) is 0 Å². The first-order valence-corrected chi connectivity index (χ1v) is 9.94. The zero-order chi connectivity index (χ0) is 19.2. The Labute approximate surface area is 158 Å². The van der Waals surface area contributed by atoms with Gasteiger partial charge in [0.1, 0.15) is 0 Å². The predicted octanol–water partition coefficient (Wildman–Crippen LogP) is 6.00. The Hall–Kier alpha value is -1.90. The lowest BCUT2D eigenvalue weighted by molar-refractivity contribution is -0.128. The lowest BCUT2D eigenvalue weighted by Crippen LogP contribution is -2.38. The van der Waals surface area contributed by atoms with Crippen LogP contribution >= 0.6 is 0 Å². The van der Waals surface area contributed by atoms with Crippen molar-refractivity contribution in [3.63, 3.8) is 0 Å². The number of para-hydroxylation sites is 1. The average molecular weight is 356 g/mol. The van der Waals surface area contributed by atoms with Gasteiger partial charge in [0, 0.05) is 11.1 Å². The molecule has 0 aromatic heterocycles. The van der Waals surface area contributed by atoms with Crippen molar-refractivity contribution in [3.8, 4) is 0 Å². The molecule has 1 aromatic rings. The standard InChI is InChI=1S/C23H33NO2/c1-17(2)12-15-23(13-8-5-9-14-23)22(26)24-21-11-7-6-10-20(21)16-18(3)19(4)25/h6-7,10-11,16-17H,5,8-9,12-15H2,1-4H3,(H,24,26)/b18-16-. The van der Waals surface area contributed by atoms with Crippen LogP contribution in [0.4, 0.5) is 5.69 Å². The van der Waals surface area contributed by atoms with Gasteiger partial charge in [-0.2, -0.15) is 0 Å². The summed E-state index contributed by atoms with van der Waals surface area (Å²) in [5, 5.41) is 3.19. The number of hydrogen-bond acceptors (Lipinski definition) is 2. The Morgan fingerprint density at radius 3 is 2.38 bits per heavy atom. The number of carbonyl (C=O) groups excluding carboxylic acids is 2. The number of carbonyl (C=O) groups is 2. The SMILES string of the molecule is CC(=O)/C(C)=C\c1ccccc1NC(=O)C1(CCC(C)C)CCCCC1. The van der Waals surface area contributed by atoms with Crippen molar-refractivity contribution in [2.75, 3.05) is 5.32 Å². The minimum absolute atomic E-state index is 0.0480. The molecule has 0 heterocycles. The fourth-order valence-electron chi connectivity index (χ4n) is 3.71. The molecule has 0 spiro atoms. The van der Waals surface area contributed by atoms with Gasteiger partial charge in [0.25, 0.3) is 0 Å². The number of ketones is 1. The first kappa shape index (κ1) is 20.4. The molecule has 0 saturated heterocycles. The molecular formula is C23H33NO2. The van der Waals surface area contributed by atoms with Gasteiger partial charge in [0.05, 0.1) is 0 Å². The van der Waals surface area contributed by atoms with Gasteiger partial charge in [-0.25, -0.2) is 0 Å². The van der Waals surface area contributed by atoms with E-state index in [9.17, 15) is 9.59 Å². The fraction of sp³-hybridized carbons (Fsp3) is 0.565. The van der Waals surface area contributed by atoms with Crippen LogP contribution in [-0.2, 0) is 9.59 Å². The summed E-state index contributed by atoms with van der Waals surface area (Å²) in [4.78, 5) is 24.8. The van der Waals surface area contributed by atoms with Crippen molar-refractivity contribution in [1.29, 1.82) is 0 Å². The van der Waals surface area contributed by atoms with Gasteiger partial charge in [-0.05, 0) is 68.7 Å². The third-order valence-corrected chi connectivity index (χ3v) is 5.63. The highest BCUT2D eigenvalue weighted by atomic mass is 16.2. The van der Waals surface area contributed by atoms with Crippen molar-refractivity contribution in [2.24, 2.45) is 11.3 Å². The zero-order valence-corrected chi connectivity index (χ0v) is 16.7. The van der Waals surface area contributed by atoms with Crippen LogP contribution in [0.2, 0.25) is 0 Å². The van der Waals surface area contributed by atoms with Crippen LogP contribution in [0.1, 0.15) is 78.2 Å². The Morgan fingerprint density at radius 2 is 1.77 bits per heavy atom. The van der Waals surface area contributed by atoms with E-state index in [2.05, 4.69) is 19.2 Å². The van der Waals surface area contributed by atoms with Crippen molar-refractivity contribution >= 4 is 23.5 Å². The first-order valence-electron chi connectivity index (χ1n) is 9.94. The van der Waals surface area contributed by atoms with Gasteiger partial charge >= 0.3 is 0 Å². The molecule has 0 aliphatic heterocycles. The molecule has 0 unspecified atom stereocenters. The lowest BCUT2D eigenvalue weighted by Gasteiger charge is -2.36. The maximum absolute atomic E-state index is 13.3. The summed E-state index contributed by atoms with van der Waals surface area (Å²) >= 11 is 0. The largest absolute Gasteiger partial charge is 0.325 e. The predicted molar refractivity (Wildman–Crippen MR) is 109 cm³/mol. The van der Waals surface area contributed by atoms with E-state index < -0.39 is 0 Å². The second kappa shape index (κ2) is 9.16. The number of benzene rings is 1. The summed E-state index contributed by atoms with van der Waals surface area (Å²) in [5.41, 5.74) is 2.14. The van der Waals surface area contributed by atoms with Crippen LogP contribution in [0.3, 0.4) is 0 Å². The minimum atomic E-state index is -0.241. The molecule has 3 nitrogen and oxygen atoms in total. The molecule has 2 rings (SSSR count). The van der Waals surface area contributed by atoms with Crippen LogP contribution in [-0.4, -0.2) is 11.7 Å². The molecule has 1 aliphatic carbocycles. The van der Waals surface area contributed by atoms with Crippen LogP contribution in [0.15, 0.2) is 29.8 Å². The third kappa shape index (κ3) is 5.30. The van der Waals surface area contributed by atoms with Crippen molar-refractivity contribution in [2.45, 2.75) is 72.6 Å². The molecule has 1 N–H and O–H groups in total. The fourth-order valence-corrected chi connectivity index (χ4v) is 3.71. The summed E-state index contributed by atoms with van der Waals surface area (Å²) in [6, 6.07) is 7.74. The van der Waals surface area contributed by atoms with Crippen LogP contribution < -0.4 is 5.32 Å². The quantitative estimate of drug-likeness (QED) is 0.609. The first-order chi connectivity index (χ1) is 12.3. The van der Waals surface area contributed by atoms with Crippen LogP contribution in [0.25, 0.3) is 6.08 Å². The molecule has 0 atom stereocenters. The minimum Gasteiger partial charge on any atom is -0.325 e. The molecule has 1 aromatic carbocycles. The van der Waals surface area contributed by atoms with Gasteiger partial charge in [0.2, 0.25) is 5.91 Å². The monoisotopic (exact) mass is 355 g/mol. The summed E-state index contributed by atoms with van der Waals surface area (Å²) < 4.78 is 0. The summed E-state index contributed by atoms with van der Waals surface area (Å²) in [6.45, 7) is 7.82. The molecule has 26 heavy (non-hydrogen) atoms. The summed E-state index contributed by atoms with van der Waals surface area (Å²) in [5.74, 6) is 0.807. The Balaban J connectivity index is 2.24. The molecule has 3 heteroatoms. The molecule has 1 saturated carbocycles. The number of rotatable bonds is 7. The van der Waals surface area contributed by atoms with E-state index in [0.717, 1.165) is 49.8 Å². The molecule has 1 aliphatic rings. The Bertz CT molecular complexity index is 667. The third-order valence-electron chi connectivity index (χ3n) is 5.63. The highest BCUT2D eigenvalue weighted by molar-refractivity contribution is 6.00. The van der Waals surface area contributed by atoms with E-state index in [-0.39, 0.29) is 17.1 Å². The number of allylic oxidation sites excluding steroid dienone is 1.